The predicted octanol–water partition coefficient (Wildman–Crippen LogP) is 2.91. The lowest BCUT2D eigenvalue weighted by atomic mass is 10.2. The van der Waals surface area contributed by atoms with Gasteiger partial charge in [0, 0.05) is 10.2 Å². The Balaban J connectivity index is 2.13. The summed E-state index contributed by atoms with van der Waals surface area (Å²) in [5.74, 6) is -0.853. The Morgan fingerprint density at radius 1 is 1.00 bits per heavy atom. The minimum absolute atomic E-state index is 0.397. The highest BCUT2D eigenvalue weighted by Gasteiger charge is 2.45. The van der Waals surface area contributed by atoms with Crippen LogP contribution in [0.25, 0.3) is 0 Å². The Morgan fingerprint density at radius 2 is 1.62 bits per heavy atom. The molecule has 0 saturated carbocycles. The van der Waals surface area contributed by atoms with Gasteiger partial charge in [-0.15, -0.1) is 0 Å². The summed E-state index contributed by atoms with van der Waals surface area (Å²) in [6.45, 7) is 0. The molecule has 0 N–H and O–H groups in total. The molecule has 1 atom stereocenters. The normalized spacial score (nSPS) is 20.7. The van der Waals surface area contributed by atoms with Crippen LogP contribution in [-0.4, -0.2) is 20.1 Å². The molecule has 1 aliphatic rings. The number of sulfone groups is 1. The maximum atomic E-state index is 12.4. The second kappa shape index (κ2) is 5.27. The number of carbonyl (C=O) groups is 1. The number of hydrogen-bond donors (Lipinski definition) is 0. The first-order chi connectivity index (χ1) is 9.99. The van der Waals surface area contributed by atoms with Gasteiger partial charge in [-0.2, -0.15) is 0 Å². The lowest BCUT2D eigenvalue weighted by Gasteiger charge is -2.23. The minimum atomic E-state index is -3.53. The van der Waals surface area contributed by atoms with Crippen molar-refractivity contribution < 1.29 is 13.2 Å². The smallest absolute Gasteiger partial charge is 0.243 e. The van der Waals surface area contributed by atoms with Crippen LogP contribution in [0.2, 0.25) is 0 Å². The van der Waals surface area contributed by atoms with E-state index in [-0.39, 0.29) is 0 Å². The minimum Gasteiger partial charge on any atom is -0.290 e. The third-order valence-electron chi connectivity index (χ3n) is 3.36. The second-order valence-electron chi connectivity index (χ2n) is 4.81. The summed E-state index contributed by atoms with van der Waals surface area (Å²) in [4.78, 5) is 13.6. The molecule has 1 saturated heterocycles. The molecule has 1 aliphatic heterocycles. The summed E-state index contributed by atoms with van der Waals surface area (Å²) >= 11 is 3.33. The summed E-state index contributed by atoms with van der Waals surface area (Å²) in [5, 5.41) is -0.952. The molecule has 0 aliphatic carbocycles. The average Bonchev–Trinajstić information content (AvgIpc) is 2.70. The molecule has 0 spiro atoms. The molecule has 4 nitrogen and oxygen atoms in total. The Kier molecular flexibility index (Phi) is 3.59. The number of nitrogens with zero attached hydrogens (tertiary/aromatic N) is 1. The van der Waals surface area contributed by atoms with Gasteiger partial charge in [-0.25, -0.2) is 8.42 Å². The molecule has 1 unspecified atom stereocenters. The van der Waals surface area contributed by atoms with Gasteiger partial charge in [0.05, 0.1) is 0 Å². The molecule has 0 aromatic heterocycles. The number of carbonyl (C=O) groups excluding carboxylic acids is 1. The van der Waals surface area contributed by atoms with Crippen LogP contribution in [0.1, 0.15) is 10.9 Å². The van der Waals surface area contributed by atoms with Gasteiger partial charge in [0.25, 0.3) is 0 Å². The van der Waals surface area contributed by atoms with Gasteiger partial charge in [0.15, 0.2) is 15.2 Å². The molecule has 3 rings (SSSR count). The van der Waals surface area contributed by atoms with Crippen molar-refractivity contribution in [3.8, 4) is 0 Å². The third-order valence-corrected chi connectivity index (χ3v) is 5.70. The van der Waals surface area contributed by atoms with Crippen molar-refractivity contribution in [3.05, 3.63) is 64.6 Å². The highest BCUT2D eigenvalue weighted by atomic mass is 79.9. The fourth-order valence-corrected chi connectivity index (χ4v) is 4.50. The van der Waals surface area contributed by atoms with E-state index in [9.17, 15) is 13.2 Å². The highest BCUT2D eigenvalue weighted by Crippen LogP contribution is 2.37. The third kappa shape index (κ3) is 2.61. The summed E-state index contributed by atoms with van der Waals surface area (Å²) < 4.78 is 25.6. The molecular weight excluding hydrogens is 354 g/mol. The maximum Gasteiger partial charge on any atom is 0.243 e. The Hall–Kier alpha value is -1.66. The zero-order valence-electron chi connectivity index (χ0n) is 10.9. The Morgan fingerprint density at radius 3 is 2.24 bits per heavy atom. The SMILES string of the molecule is O=C1CS(=O)(=O)C(c2ccccc2)N1c1ccc(Br)cc1. The number of halogens is 1. The van der Waals surface area contributed by atoms with Gasteiger partial charge in [0.1, 0.15) is 5.75 Å². The first-order valence-electron chi connectivity index (χ1n) is 6.33. The monoisotopic (exact) mass is 365 g/mol. The molecule has 2 aromatic carbocycles. The molecule has 1 amide bonds. The fourth-order valence-electron chi connectivity index (χ4n) is 2.47. The Labute approximate surface area is 131 Å². The van der Waals surface area contributed by atoms with Gasteiger partial charge < -0.3 is 0 Å². The van der Waals surface area contributed by atoms with Crippen LogP contribution in [0.4, 0.5) is 5.69 Å². The van der Waals surface area contributed by atoms with Gasteiger partial charge in [0.2, 0.25) is 5.91 Å². The first kappa shape index (κ1) is 14.3. The van der Waals surface area contributed by atoms with E-state index in [0.29, 0.717) is 11.3 Å². The number of hydrogen-bond acceptors (Lipinski definition) is 3. The molecule has 6 heteroatoms. The number of rotatable bonds is 2. The van der Waals surface area contributed by atoms with Gasteiger partial charge in [-0.05, 0) is 29.8 Å². The van der Waals surface area contributed by atoms with E-state index in [1.54, 1.807) is 48.5 Å². The van der Waals surface area contributed by atoms with E-state index < -0.39 is 26.9 Å². The van der Waals surface area contributed by atoms with Crippen LogP contribution >= 0.6 is 15.9 Å². The lowest BCUT2D eigenvalue weighted by molar-refractivity contribution is -0.115. The summed E-state index contributed by atoms with van der Waals surface area (Å²) in [5.41, 5.74) is 1.18. The fraction of sp³-hybridized carbons (Fsp3) is 0.133. The summed E-state index contributed by atoms with van der Waals surface area (Å²) in [6, 6.07) is 15.9. The second-order valence-corrected chi connectivity index (χ2v) is 7.79. The molecule has 108 valence electrons. The molecule has 21 heavy (non-hydrogen) atoms. The van der Waals surface area contributed by atoms with Crippen molar-refractivity contribution in [2.45, 2.75) is 5.37 Å². The number of anilines is 1. The Bertz CT molecular complexity index is 772. The van der Waals surface area contributed by atoms with Gasteiger partial charge in [-0.3, -0.25) is 9.69 Å². The molecule has 1 fully saturated rings. The highest BCUT2D eigenvalue weighted by molar-refractivity contribution is 9.10. The van der Waals surface area contributed by atoms with Crippen molar-refractivity contribution >= 4 is 37.4 Å². The molecule has 0 bridgehead atoms. The topological polar surface area (TPSA) is 54.5 Å². The van der Waals surface area contributed by atoms with Crippen molar-refractivity contribution in [2.75, 3.05) is 10.7 Å². The van der Waals surface area contributed by atoms with Crippen molar-refractivity contribution in [1.82, 2.24) is 0 Å². The van der Waals surface area contributed by atoms with E-state index in [1.165, 1.54) is 4.90 Å². The van der Waals surface area contributed by atoms with Crippen LogP contribution in [-0.2, 0) is 14.6 Å². The number of amides is 1. The van der Waals surface area contributed by atoms with Crippen LogP contribution in [0.3, 0.4) is 0 Å². The van der Waals surface area contributed by atoms with E-state index in [0.717, 1.165) is 4.47 Å². The van der Waals surface area contributed by atoms with Gasteiger partial charge in [-0.1, -0.05) is 46.3 Å². The maximum absolute atomic E-state index is 12.4. The lowest BCUT2D eigenvalue weighted by Crippen LogP contribution is -2.29. The van der Waals surface area contributed by atoms with E-state index >= 15 is 0 Å². The largest absolute Gasteiger partial charge is 0.290 e. The molecule has 2 aromatic rings. The first-order valence-corrected chi connectivity index (χ1v) is 8.84. The molecule has 1 heterocycles. The zero-order valence-corrected chi connectivity index (χ0v) is 13.3. The average molecular weight is 366 g/mol. The summed E-state index contributed by atoms with van der Waals surface area (Å²) in [7, 11) is -3.53. The predicted molar refractivity (Wildman–Crippen MR) is 84.6 cm³/mol. The number of benzene rings is 2. The summed E-state index contributed by atoms with van der Waals surface area (Å²) in [6.07, 6.45) is 0. The van der Waals surface area contributed by atoms with E-state index in [2.05, 4.69) is 15.9 Å². The molecular formula is C15H12BrNO3S. The van der Waals surface area contributed by atoms with Crippen LogP contribution < -0.4 is 4.90 Å². The van der Waals surface area contributed by atoms with E-state index in [1.807, 2.05) is 6.07 Å². The quantitative estimate of drug-likeness (QED) is 0.821. The van der Waals surface area contributed by atoms with Crippen LogP contribution in [0.15, 0.2) is 59.1 Å². The van der Waals surface area contributed by atoms with Crippen molar-refractivity contribution in [2.24, 2.45) is 0 Å². The van der Waals surface area contributed by atoms with Crippen molar-refractivity contribution in [3.63, 3.8) is 0 Å². The van der Waals surface area contributed by atoms with Crippen molar-refractivity contribution in [1.29, 1.82) is 0 Å². The van der Waals surface area contributed by atoms with E-state index in [4.69, 9.17) is 0 Å². The van der Waals surface area contributed by atoms with Gasteiger partial charge >= 0.3 is 0 Å². The van der Waals surface area contributed by atoms with Crippen LogP contribution in [0.5, 0.6) is 0 Å². The molecule has 0 radical (unpaired) electrons. The van der Waals surface area contributed by atoms with Crippen LogP contribution in [0, 0.1) is 0 Å². The zero-order chi connectivity index (χ0) is 15.0. The standard InChI is InChI=1S/C15H12BrNO3S/c16-12-6-8-13(9-7-12)17-14(18)10-21(19,20)15(17)11-4-2-1-3-5-11/h1-9,15H,10H2.